The molecule has 1 aliphatic carbocycles. The Labute approximate surface area is 153 Å². The van der Waals surface area contributed by atoms with Crippen molar-refractivity contribution >= 4 is 47.2 Å². The molecule has 24 heavy (non-hydrogen) atoms. The van der Waals surface area contributed by atoms with Gasteiger partial charge in [-0.2, -0.15) is 0 Å². The van der Waals surface area contributed by atoms with Gasteiger partial charge in [0, 0.05) is 19.2 Å². The Hall–Kier alpha value is -1.30. The molecule has 1 aliphatic heterocycles. The molecule has 0 aromatic heterocycles. The zero-order chi connectivity index (χ0) is 16.4. The second-order valence-electron chi connectivity index (χ2n) is 6.56. The van der Waals surface area contributed by atoms with E-state index in [2.05, 4.69) is 16.0 Å². The third-order valence-corrected chi connectivity index (χ3v) is 5.35. The number of nitrogens with one attached hydrogen (secondary N) is 3. The molecule has 2 fully saturated rings. The molecule has 3 N–H and O–H groups in total. The van der Waals surface area contributed by atoms with Crippen molar-refractivity contribution in [2.24, 2.45) is 11.3 Å². The lowest BCUT2D eigenvalue weighted by Gasteiger charge is -2.37. The van der Waals surface area contributed by atoms with Crippen LogP contribution in [0.2, 0.25) is 5.02 Å². The van der Waals surface area contributed by atoms with Crippen LogP contribution < -0.4 is 16.0 Å². The topological polar surface area (TPSA) is 70.2 Å². The smallest absolute Gasteiger partial charge is 0.232 e. The van der Waals surface area contributed by atoms with Crippen molar-refractivity contribution in [1.82, 2.24) is 5.32 Å². The second kappa shape index (κ2) is 7.72. The molecule has 0 radical (unpaired) electrons. The maximum absolute atomic E-state index is 13.0. The van der Waals surface area contributed by atoms with E-state index in [0.717, 1.165) is 32.4 Å². The molecule has 3 rings (SSSR count). The number of amides is 2. The lowest BCUT2D eigenvalue weighted by molar-refractivity contribution is -0.128. The molecule has 0 unspecified atom stereocenters. The number of fused-ring (bicyclic) bond motifs is 1. The molecule has 1 heterocycles. The van der Waals surface area contributed by atoms with E-state index in [-0.39, 0.29) is 29.6 Å². The summed E-state index contributed by atoms with van der Waals surface area (Å²) in [7, 11) is 0. The van der Waals surface area contributed by atoms with Gasteiger partial charge in [0.25, 0.3) is 0 Å². The lowest BCUT2D eigenvalue weighted by atomic mass is 9.67. The van der Waals surface area contributed by atoms with Gasteiger partial charge in [-0.15, -0.1) is 12.4 Å². The Bertz CT molecular complexity index is 638. The number of hydrogen-bond acceptors (Lipinski definition) is 3. The van der Waals surface area contributed by atoms with Crippen molar-refractivity contribution in [3.63, 3.8) is 0 Å². The molecule has 1 saturated carbocycles. The summed E-state index contributed by atoms with van der Waals surface area (Å²) in [6, 6.07) is 5.11. The van der Waals surface area contributed by atoms with Crippen LogP contribution in [0, 0.1) is 11.3 Å². The van der Waals surface area contributed by atoms with E-state index in [1.807, 2.05) is 0 Å². The van der Waals surface area contributed by atoms with Gasteiger partial charge in [0.05, 0.1) is 16.1 Å². The zero-order valence-electron chi connectivity index (χ0n) is 13.7. The van der Waals surface area contributed by atoms with E-state index in [1.54, 1.807) is 18.2 Å². The number of carbonyl (C=O) groups excluding carboxylic acids is 2. The number of carbonyl (C=O) groups is 2. The van der Waals surface area contributed by atoms with Gasteiger partial charge in [-0.1, -0.05) is 24.4 Å². The first kappa shape index (κ1) is 19.0. The summed E-state index contributed by atoms with van der Waals surface area (Å²) in [6.07, 6.45) is 4.30. The molecule has 132 valence electrons. The fraction of sp³-hybridized carbons (Fsp3) is 0.529. The van der Waals surface area contributed by atoms with Gasteiger partial charge in [-0.3, -0.25) is 9.59 Å². The SMILES string of the molecule is CC(=O)Nc1ccc(Cl)c(NC(=O)[C@@]23CCCC[C@H]2CNC3)c1.Cl. The number of halogens is 2. The van der Waals surface area contributed by atoms with E-state index >= 15 is 0 Å². The highest BCUT2D eigenvalue weighted by atomic mass is 35.5. The van der Waals surface area contributed by atoms with E-state index in [0.29, 0.717) is 22.3 Å². The fourth-order valence-corrected chi connectivity index (χ4v) is 4.00. The summed E-state index contributed by atoms with van der Waals surface area (Å²) in [6.45, 7) is 3.09. The molecular formula is C17H23Cl2N3O2. The highest BCUT2D eigenvalue weighted by Crippen LogP contribution is 2.44. The van der Waals surface area contributed by atoms with Gasteiger partial charge < -0.3 is 16.0 Å². The first-order chi connectivity index (χ1) is 11.0. The monoisotopic (exact) mass is 371 g/mol. The van der Waals surface area contributed by atoms with Crippen molar-refractivity contribution in [1.29, 1.82) is 0 Å². The fourth-order valence-electron chi connectivity index (χ4n) is 3.84. The summed E-state index contributed by atoms with van der Waals surface area (Å²) in [5, 5.41) is 9.55. The summed E-state index contributed by atoms with van der Waals surface area (Å²) in [5.74, 6) is 0.276. The van der Waals surface area contributed by atoms with Gasteiger partial charge in [0.1, 0.15) is 0 Å². The predicted molar refractivity (Wildman–Crippen MR) is 98.9 cm³/mol. The molecule has 1 aromatic rings. The number of rotatable bonds is 3. The number of hydrogen-bond donors (Lipinski definition) is 3. The van der Waals surface area contributed by atoms with E-state index < -0.39 is 0 Å². The van der Waals surface area contributed by atoms with Gasteiger partial charge >= 0.3 is 0 Å². The number of anilines is 2. The van der Waals surface area contributed by atoms with Gasteiger partial charge in [0.15, 0.2) is 0 Å². The van der Waals surface area contributed by atoms with E-state index in [1.165, 1.54) is 13.3 Å². The minimum atomic E-state index is -0.328. The minimum absolute atomic E-state index is 0. The average molecular weight is 372 g/mol. The van der Waals surface area contributed by atoms with Crippen LogP contribution in [0.5, 0.6) is 0 Å². The summed E-state index contributed by atoms with van der Waals surface area (Å²) < 4.78 is 0. The van der Waals surface area contributed by atoms with E-state index in [4.69, 9.17) is 11.6 Å². The third-order valence-electron chi connectivity index (χ3n) is 5.03. The summed E-state index contributed by atoms with van der Waals surface area (Å²) in [4.78, 5) is 24.1. The summed E-state index contributed by atoms with van der Waals surface area (Å²) >= 11 is 6.21. The maximum atomic E-state index is 13.0. The van der Waals surface area contributed by atoms with Crippen LogP contribution in [-0.2, 0) is 9.59 Å². The normalized spacial score (nSPS) is 25.3. The average Bonchev–Trinajstić information content (AvgIpc) is 2.95. The van der Waals surface area contributed by atoms with Crippen LogP contribution in [-0.4, -0.2) is 24.9 Å². The van der Waals surface area contributed by atoms with Crippen molar-refractivity contribution in [2.75, 3.05) is 23.7 Å². The summed E-state index contributed by atoms with van der Waals surface area (Å²) in [5.41, 5.74) is 0.846. The molecular weight excluding hydrogens is 349 g/mol. The molecule has 5 nitrogen and oxygen atoms in total. The highest BCUT2D eigenvalue weighted by molar-refractivity contribution is 6.34. The molecule has 2 atom stereocenters. The van der Waals surface area contributed by atoms with Crippen LogP contribution in [0.3, 0.4) is 0 Å². The largest absolute Gasteiger partial charge is 0.326 e. The van der Waals surface area contributed by atoms with Crippen LogP contribution >= 0.6 is 24.0 Å². The van der Waals surface area contributed by atoms with Gasteiger partial charge in [0.2, 0.25) is 11.8 Å². The van der Waals surface area contributed by atoms with Crippen molar-refractivity contribution in [3.05, 3.63) is 23.2 Å². The molecule has 2 aliphatic rings. The van der Waals surface area contributed by atoms with Crippen LogP contribution in [0.4, 0.5) is 11.4 Å². The van der Waals surface area contributed by atoms with Crippen molar-refractivity contribution < 1.29 is 9.59 Å². The second-order valence-corrected chi connectivity index (χ2v) is 6.97. The zero-order valence-corrected chi connectivity index (χ0v) is 15.2. The van der Waals surface area contributed by atoms with Crippen LogP contribution in [0.1, 0.15) is 32.6 Å². The quantitative estimate of drug-likeness (QED) is 0.761. The molecule has 1 saturated heterocycles. The van der Waals surface area contributed by atoms with Gasteiger partial charge in [-0.05, 0) is 43.5 Å². The lowest BCUT2D eigenvalue weighted by Crippen LogP contribution is -2.44. The molecule has 7 heteroatoms. The maximum Gasteiger partial charge on any atom is 0.232 e. The van der Waals surface area contributed by atoms with Crippen LogP contribution in [0.15, 0.2) is 18.2 Å². The molecule has 2 amide bonds. The highest BCUT2D eigenvalue weighted by Gasteiger charge is 2.49. The van der Waals surface area contributed by atoms with E-state index in [9.17, 15) is 9.59 Å². The molecule has 0 spiro atoms. The first-order valence-electron chi connectivity index (χ1n) is 8.10. The number of benzene rings is 1. The van der Waals surface area contributed by atoms with Crippen molar-refractivity contribution in [2.45, 2.75) is 32.6 Å². The predicted octanol–water partition coefficient (Wildman–Crippen LogP) is 3.44. The minimum Gasteiger partial charge on any atom is -0.326 e. The Morgan fingerprint density at radius 1 is 1.29 bits per heavy atom. The molecule has 1 aromatic carbocycles. The Kier molecular flexibility index (Phi) is 6.12. The Morgan fingerprint density at radius 3 is 2.83 bits per heavy atom. The van der Waals surface area contributed by atoms with Crippen molar-refractivity contribution in [3.8, 4) is 0 Å². The standard InChI is InChI=1S/C17H22ClN3O2.ClH/c1-11(22)20-13-5-6-14(18)15(8-13)21-16(23)17-7-3-2-4-12(17)9-19-10-17;/h5-6,8,12,19H,2-4,7,9-10H2,1H3,(H,20,22)(H,21,23);1H/t12-,17+;/m0./s1. The first-order valence-corrected chi connectivity index (χ1v) is 8.48. The van der Waals surface area contributed by atoms with Crippen LogP contribution in [0.25, 0.3) is 0 Å². The Balaban J connectivity index is 0.00000208. The van der Waals surface area contributed by atoms with Gasteiger partial charge in [-0.25, -0.2) is 0 Å². The molecule has 0 bridgehead atoms. The Morgan fingerprint density at radius 2 is 2.08 bits per heavy atom. The third kappa shape index (κ3) is 3.68.